The van der Waals surface area contributed by atoms with E-state index in [4.69, 9.17) is 0 Å². The van der Waals surface area contributed by atoms with Gasteiger partial charge < -0.3 is 15.5 Å². The Labute approximate surface area is 164 Å². The Morgan fingerprint density at radius 3 is 2.43 bits per heavy atom. The minimum absolute atomic E-state index is 0.0776. The standard InChI is InChI=1S/C21H24N6O/c1-14(28)24-19-18(15-9-11-17(12-10-15)26(2)3)25-21-22-13-23-27(21)20(19)16-7-5-4-6-8-16/h4-13,18-20H,1-3H3,(H,24,28)(H,22,23,25)/t18-,19-,20-/m1/s1. The van der Waals surface area contributed by atoms with Crippen LogP contribution in [0.5, 0.6) is 0 Å². The molecule has 2 heterocycles. The molecule has 0 fully saturated rings. The Morgan fingerprint density at radius 1 is 1.07 bits per heavy atom. The summed E-state index contributed by atoms with van der Waals surface area (Å²) in [5.74, 6) is 0.614. The molecule has 2 aromatic carbocycles. The van der Waals surface area contributed by atoms with Gasteiger partial charge in [0, 0.05) is 26.7 Å². The molecule has 3 atom stereocenters. The Hall–Kier alpha value is -3.35. The molecule has 0 aliphatic carbocycles. The largest absolute Gasteiger partial charge is 0.378 e. The molecule has 0 radical (unpaired) electrons. The van der Waals surface area contributed by atoms with Crippen molar-refractivity contribution in [3.8, 4) is 0 Å². The zero-order valence-electron chi connectivity index (χ0n) is 16.2. The molecular weight excluding hydrogens is 352 g/mol. The first-order valence-electron chi connectivity index (χ1n) is 9.30. The van der Waals surface area contributed by atoms with Gasteiger partial charge in [0.25, 0.3) is 0 Å². The number of anilines is 2. The van der Waals surface area contributed by atoms with Gasteiger partial charge in [-0.25, -0.2) is 4.68 Å². The summed E-state index contributed by atoms with van der Waals surface area (Å²) in [6.45, 7) is 1.55. The molecule has 4 rings (SSSR count). The third-order valence-corrected chi connectivity index (χ3v) is 5.10. The number of hydrogen-bond donors (Lipinski definition) is 2. The molecule has 28 heavy (non-hydrogen) atoms. The van der Waals surface area contributed by atoms with E-state index in [0.717, 1.165) is 16.8 Å². The molecule has 0 unspecified atom stereocenters. The fraction of sp³-hybridized carbons (Fsp3) is 0.286. The maximum atomic E-state index is 12.1. The van der Waals surface area contributed by atoms with E-state index in [1.807, 2.05) is 37.0 Å². The molecule has 1 aliphatic rings. The molecule has 1 amide bonds. The molecule has 7 nitrogen and oxygen atoms in total. The number of fused-ring (bicyclic) bond motifs is 1. The first kappa shape index (κ1) is 18.0. The van der Waals surface area contributed by atoms with Gasteiger partial charge in [-0.15, -0.1) is 0 Å². The van der Waals surface area contributed by atoms with Gasteiger partial charge in [0.2, 0.25) is 11.9 Å². The number of aromatic nitrogens is 3. The number of rotatable bonds is 4. The average molecular weight is 376 g/mol. The van der Waals surface area contributed by atoms with Crippen molar-refractivity contribution in [2.75, 3.05) is 24.3 Å². The number of benzene rings is 2. The highest BCUT2D eigenvalue weighted by atomic mass is 16.1. The van der Waals surface area contributed by atoms with E-state index in [1.54, 1.807) is 13.3 Å². The summed E-state index contributed by atoms with van der Waals surface area (Å²) in [4.78, 5) is 18.5. The van der Waals surface area contributed by atoms with E-state index in [0.29, 0.717) is 5.95 Å². The smallest absolute Gasteiger partial charge is 0.222 e. The number of carbonyl (C=O) groups is 1. The summed E-state index contributed by atoms with van der Waals surface area (Å²) in [6, 6.07) is 17.9. The first-order valence-corrected chi connectivity index (χ1v) is 9.30. The van der Waals surface area contributed by atoms with E-state index < -0.39 is 0 Å². The lowest BCUT2D eigenvalue weighted by atomic mass is 9.88. The van der Waals surface area contributed by atoms with Crippen LogP contribution in [0.1, 0.15) is 30.1 Å². The number of nitrogens with zero attached hydrogens (tertiary/aromatic N) is 4. The lowest BCUT2D eigenvalue weighted by Gasteiger charge is -2.40. The Morgan fingerprint density at radius 2 is 1.79 bits per heavy atom. The van der Waals surface area contributed by atoms with Crippen LogP contribution in [0.4, 0.5) is 11.6 Å². The quantitative estimate of drug-likeness (QED) is 0.732. The lowest BCUT2D eigenvalue weighted by Crippen LogP contribution is -2.50. The van der Waals surface area contributed by atoms with Crippen LogP contribution < -0.4 is 15.5 Å². The van der Waals surface area contributed by atoms with Gasteiger partial charge in [-0.1, -0.05) is 42.5 Å². The van der Waals surface area contributed by atoms with Crippen molar-refractivity contribution in [1.29, 1.82) is 0 Å². The molecule has 7 heteroatoms. The fourth-order valence-corrected chi connectivity index (χ4v) is 3.79. The monoisotopic (exact) mass is 376 g/mol. The van der Waals surface area contributed by atoms with Crippen LogP contribution in [-0.2, 0) is 4.79 Å². The second-order valence-electron chi connectivity index (χ2n) is 7.22. The molecule has 144 valence electrons. The van der Waals surface area contributed by atoms with Crippen molar-refractivity contribution in [3.05, 3.63) is 72.1 Å². The van der Waals surface area contributed by atoms with Gasteiger partial charge in [-0.05, 0) is 23.3 Å². The first-order chi connectivity index (χ1) is 13.5. The average Bonchev–Trinajstić information content (AvgIpc) is 3.16. The second-order valence-corrected chi connectivity index (χ2v) is 7.22. The molecule has 0 spiro atoms. The predicted octanol–water partition coefficient (Wildman–Crippen LogP) is 2.61. The maximum absolute atomic E-state index is 12.1. The van der Waals surface area contributed by atoms with Crippen molar-refractivity contribution in [3.63, 3.8) is 0 Å². The molecule has 0 saturated carbocycles. The molecule has 3 aromatic rings. The summed E-state index contributed by atoms with van der Waals surface area (Å²) in [7, 11) is 4.03. The van der Waals surface area contributed by atoms with Gasteiger partial charge >= 0.3 is 0 Å². The summed E-state index contributed by atoms with van der Waals surface area (Å²) >= 11 is 0. The third-order valence-electron chi connectivity index (χ3n) is 5.10. The normalized spacial score (nSPS) is 20.8. The van der Waals surface area contributed by atoms with Crippen LogP contribution in [0.25, 0.3) is 0 Å². The minimum atomic E-state index is -0.223. The van der Waals surface area contributed by atoms with E-state index in [9.17, 15) is 4.79 Å². The van der Waals surface area contributed by atoms with Crippen LogP contribution in [0.3, 0.4) is 0 Å². The van der Waals surface area contributed by atoms with Crippen molar-refractivity contribution in [1.82, 2.24) is 20.1 Å². The van der Waals surface area contributed by atoms with Crippen LogP contribution in [0.15, 0.2) is 60.9 Å². The van der Waals surface area contributed by atoms with E-state index >= 15 is 0 Å². The van der Waals surface area contributed by atoms with Gasteiger partial charge in [0.05, 0.1) is 12.1 Å². The van der Waals surface area contributed by atoms with Gasteiger partial charge in [0.15, 0.2) is 0 Å². The topological polar surface area (TPSA) is 75.1 Å². The molecule has 0 bridgehead atoms. The summed E-state index contributed by atoms with van der Waals surface area (Å²) < 4.78 is 1.85. The molecule has 0 saturated heterocycles. The van der Waals surface area contributed by atoms with E-state index in [2.05, 4.69) is 62.0 Å². The molecule has 1 aliphatic heterocycles. The van der Waals surface area contributed by atoms with Gasteiger partial charge in [-0.3, -0.25) is 4.79 Å². The molecule has 2 N–H and O–H groups in total. The Bertz CT molecular complexity index is 951. The van der Waals surface area contributed by atoms with Crippen LogP contribution in [0, 0.1) is 0 Å². The van der Waals surface area contributed by atoms with Crippen molar-refractivity contribution in [2.24, 2.45) is 0 Å². The van der Waals surface area contributed by atoms with Crippen molar-refractivity contribution >= 4 is 17.5 Å². The molecule has 1 aromatic heterocycles. The van der Waals surface area contributed by atoms with Gasteiger partial charge in [0.1, 0.15) is 12.4 Å². The predicted molar refractivity (Wildman–Crippen MR) is 109 cm³/mol. The highest BCUT2D eigenvalue weighted by Crippen LogP contribution is 2.38. The Balaban J connectivity index is 1.80. The van der Waals surface area contributed by atoms with Crippen molar-refractivity contribution < 1.29 is 4.79 Å². The highest BCUT2D eigenvalue weighted by Gasteiger charge is 2.40. The summed E-state index contributed by atoms with van der Waals surface area (Å²) in [5, 5.41) is 11.0. The van der Waals surface area contributed by atoms with Crippen LogP contribution in [-0.4, -0.2) is 40.8 Å². The maximum Gasteiger partial charge on any atom is 0.222 e. The second kappa shape index (κ2) is 7.34. The number of amides is 1. The zero-order chi connectivity index (χ0) is 19.7. The Kier molecular flexibility index (Phi) is 4.73. The van der Waals surface area contributed by atoms with Crippen LogP contribution in [0.2, 0.25) is 0 Å². The zero-order valence-corrected chi connectivity index (χ0v) is 16.2. The fourth-order valence-electron chi connectivity index (χ4n) is 3.79. The number of nitrogens with one attached hydrogen (secondary N) is 2. The number of carbonyl (C=O) groups excluding carboxylic acids is 1. The number of hydrogen-bond acceptors (Lipinski definition) is 5. The van der Waals surface area contributed by atoms with E-state index in [-0.39, 0.29) is 24.0 Å². The van der Waals surface area contributed by atoms with Crippen molar-refractivity contribution in [2.45, 2.75) is 25.0 Å². The SMILES string of the molecule is CC(=O)N[C@@H]1[C@@H](c2ccc(N(C)C)cc2)Nc2ncnn2[C@@H]1c1ccccc1. The summed E-state index contributed by atoms with van der Waals surface area (Å²) in [6.07, 6.45) is 1.54. The molecular formula is C21H24N6O. The lowest BCUT2D eigenvalue weighted by molar-refractivity contribution is -0.120. The van der Waals surface area contributed by atoms with Gasteiger partial charge in [-0.2, -0.15) is 10.1 Å². The highest BCUT2D eigenvalue weighted by molar-refractivity contribution is 5.73. The van der Waals surface area contributed by atoms with Crippen LogP contribution >= 0.6 is 0 Å². The minimum Gasteiger partial charge on any atom is -0.378 e. The third kappa shape index (κ3) is 3.31. The summed E-state index contributed by atoms with van der Waals surface area (Å²) in [5.41, 5.74) is 3.28. The van der Waals surface area contributed by atoms with E-state index in [1.165, 1.54) is 0 Å².